The van der Waals surface area contributed by atoms with Gasteiger partial charge < -0.3 is 15.0 Å². The number of ether oxygens (including phenoxy) is 1. The fourth-order valence-corrected chi connectivity index (χ4v) is 3.65. The number of fused-ring (bicyclic) bond motifs is 1. The topological polar surface area (TPSA) is 88.6 Å². The smallest absolute Gasteiger partial charge is 0.325 e. The maximum absolute atomic E-state index is 12.3. The van der Waals surface area contributed by atoms with Crippen molar-refractivity contribution in [2.75, 3.05) is 24.6 Å². The van der Waals surface area contributed by atoms with Gasteiger partial charge in [0.2, 0.25) is 11.8 Å². The molecule has 1 aliphatic rings. The van der Waals surface area contributed by atoms with E-state index < -0.39 is 11.9 Å². The van der Waals surface area contributed by atoms with Crippen LogP contribution in [0, 0.1) is 12.8 Å². The second-order valence-electron chi connectivity index (χ2n) is 5.81. The first-order valence-corrected chi connectivity index (χ1v) is 8.90. The van der Waals surface area contributed by atoms with Gasteiger partial charge in [0, 0.05) is 18.7 Å². The summed E-state index contributed by atoms with van der Waals surface area (Å²) in [4.78, 5) is 41.9. The molecule has 0 saturated carbocycles. The van der Waals surface area contributed by atoms with Gasteiger partial charge in [-0.2, -0.15) is 0 Å². The Bertz CT molecular complexity index is 832. The Balaban J connectivity index is 1.66. The Hall–Kier alpha value is -2.48. The molecular weight excluding hydrogens is 342 g/mol. The molecule has 1 fully saturated rings. The van der Waals surface area contributed by atoms with Crippen molar-refractivity contribution in [2.45, 2.75) is 20.3 Å². The molecule has 2 aromatic rings. The summed E-state index contributed by atoms with van der Waals surface area (Å²) in [5.41, 5.74) is 1.59. The van der Waals surface area contributed by atoms with E-state index in [1.165, 1.54) is 0 Å². The lowest BCUT2D eigenvalue weighted by Gasteiger charge is -2.16. The van der Waals surface area contributed by atoms with Crippen LogP contribution in [0.4, 0.5) is 5.69 Å². The molecule has 1 atom stereocenters. The van der Waals surface area contributed by atoms with Gasteiger partial charge in [-0.05, 0) is 32.0 Å². The molecule has 0 radical (unpaired) electrons. The van der Waals surface area contributed by atoms with E-state index in [-0.39, 0.29) is 31.4 Å². The van der Waals surface area contributed by atoms with Gasteiger partial charge in [0.25, 0.3) is 0 Å². The molecule has 7 nitrogen and oxygen atoms in total. The Kier molecular flexibility index (Phi) is 4.98. The Morgan fingerprint density at radius 3 is 3.00 bits per heavy atom. The van der Waals surface area contributed by atoms with Crippen LogP contribution in [-0.2, 0) is 19.1 Å². The Morgan fingerprint density at radius 1 is 1.44 bits per heavy atom. The van der Waals surface area contributed by atoms with E-state index in [4.69, 9.17) is 4.74 Å². The number of rotatable bonds is 5. The number of nitrogens with zero attached hydrogens (tertiary/aromatic N) is 2. The molecule has 8 heteroatoms. The number of anilines is 1. The number of carbonyl (C=O) groups excluding carboxylic acids is 3. The van der Waals surface area contributed by atoms with Gasteiger partial charge in [0.1, 0.15) is 6.54 Å². The van der Waals surface area contributed by atoms with Crippen molar-refractivity contribution >= 4 is 45.0 Å². The normalized spacial score (nSPS) is 17.1. The summed E-state index contributed by atoms with van der Waals surface area (Å²) in [7, 11) is 0. The van der Waals surface area contributed by atoms with Gasteiger partial charge in [-0.1, -0.05) is 0 Å². The van der Waals surface area contributed by atoms with Gasteiger partial charge in [-0.3, -0.25) is 14.4 Å². The molecule has 1 aromatic heterocycles. The summed E-state index contributed by atoms with van der Waals surface area (Å²) in [5, 5.41) is 3.50. The van der Waals surface area contributed by atoms with Gasteiger partial charge >= 0.3 is 5.97 Å². The van der Waals surface area contributed by atoms with Crippen LogP contribution in [0.3, 0.4) is 0 Å². The van der Waals surface area contributed by atoms with E-state index in [2.05, 4.69) is 10.3 Å². The van der Waals surface area contributed by atoms with Crippen LogP contribution >= 0.6 is 11.3 Å². The molecule has 1 aromatic carbocycles. The molecule has 2 amide bonds. The summed E-state index contributed by atoms with van der Waals surface area (Å²) >= 11 is 1.60. The molecule has 0 aliphatic carbocycles. The zero-order valence-electron chi connectivity index (χ0n) is 14.1. The SMILES string of the molecule is CCOC(=O)CNC(=O)C1CC(=O)N(c2ccc3sc(C)nc3c2)C1. The fraction of sp³-hybridized carbons (Fsp3) is 0.412. The van der Waals surface area contributed by atoms with Crippen molar-refractivity contribution in [3.05, 3.63) is 23.2 Å². The average Bonchev–Trinajstić information content (AvgIpc) is 3.14. The standard InChI is InChI=1S/C17H19N3O4S/c1-3-24-16(22)8-18-17(23)11-6-15(21)20(9-11)12-4-5-14-13(7-12)19-10(2)25-14/h4-5,7,11H,3,6,8-9H2,1-2H3,(H,18,23). The molecule has 0 bridgehead atoms. The predicted molar refractivity (Wildman–Crippen MR) is 94.5 cm³/mol. The highest BCUT2D eigenvalue weighted by atomic mass is 32.1. The number of nitrogens with one attached hydrogen (secondary N) is 1. The highest BCUT2D eigenvalue weighted by Gasteiger charge is 2.35. The minimum absolute atomic E-state index is 0.109. The fourth-order valence-electron chi connectivity index (χ4n) is 2.85. The number of hydrogen-bond acceptors (Lipinski definition) is 6. The minimum atomic E-state index is -0.485. The minimum Gasteiger partial charge on any atom is -0.465 e. The zero-order valence-corrected chi connectivity index (χ0v) is 14.9. The molecule has 1 N–H and O–H groups in total. The molecule has 25 heavy (non-hydrogen) atoms. The molecule has 2 heterocycles. The van der Waals surface area contributed by atoms with E-state index in [9.17, 15) is 14.4 Å². The summed E-state index contributed by atoms with van der Waals surface area (Å²) in [5.74, 6) is -1.38. The van der Waals surface area contributed by atoms with Gasteiger partial charge in [-0.25, -0.2) is 4.98 Å². The third-order valence-corrected chi connectivity index (χ3v) is 4.95. The van der Waals surface area contributed by atoms with Crippen LogP contribution in [0.5, 0.6) is 0 Å². The van der Waals surface area contributed by atoms with Gasteiger partial charge in [-0.15, -0.1) is 11.3 Å². The average molecular weight is 361 g/mol. The zero-order chi connectivity index (χ0) is 18.0. The van der Waals surface area contributed by atoms with Crippen molar-refractivity contribution in [3.63, 3.8) is 0 Å². The third kappa shape index (κ3) is 3.79. The molecule has 1 aliphatic heterocycles. The lowest BCUT2D eigenvalue weighted by Crippen LogP contribution is -2.36. The summed E-state index contributed by atoms with van der Waals surface area (Å²) in [6, 6.07) is 5.68. The molecule has 3 rings (SSSR count). The second-order valence-corrected chi connectivity index (χ2v) is 7.05. The molecule has 1 saturated heterocycles. The predicted octanol–water partition coefficient (Wildman–Crippen LogP) is 1.64. The number of amides is 2. The van der Waals surface area contributed by atoms with Crippen molar-refractivity contribution in [1.82, 2.24) is 10.3 Å². The maximum atomic E-state index is 12.3. The van der Waals surface area contributed by atoms with Crippen LogP contribution in [0.15, 0.2) is 18.2 Å². The second kappa shape index (κ2) is 7.18. The highest BCUT2D eigenvalue weighted by molar-refractivity contribution is 7.18. The van der Waals surface area contributed by atoms with Crippen molar-refractivity contribution < 1.29 is 19.1 Å². The molecule has 1 unspecified atom stereocenters. The molecule has 132 valence electrons. The Labute approximate surface area is 149 Å². The van der Waals surface area contributed by atoms with E-state index in [1.807, 2.05) is 25.1 Å². The quantitative estimate of drug-likeness (QED) is 0.818. The van der Waals surface area contributed by atoms with Crippen LogP contribution in [0.2, 0.25) is 0 Å². The van der Waals surface area contributed by atoms with Crippen LogP contribution in [-0.4, -0.2) is 42.5 Å². The lowest BCUT2D eigenvalue weighted by atomic mass is 10.1. The Morgan fingerprint density at radius 2 is 2.24 bits per heavy atom. The number of carbonyl (C=O) groups is 3. The van der Waals surface area contributed by atoms with E-state index in [0.29, 0.717) is 6.54 Å². The number of hydrogen-bond donors (Lipinski definition) is 1. The van der Waals surface area contributed by atoms with Crippen molar-refractivity contribution in [3.8, 4) is 0 Å². The number of aromatic nitrogens is 1. The summed E-state index contributed by atoms with van der Waals surface area (Å²) in [6.45, 7) is 4.02. The van der Waals surface area contributed by atoms with Crippen molar-refractivity contribution in [2.24, 2.45) is 5.92 Å². The molecule has 0 spiro atoms. The largest absolute Gasteiger partial charge is 0.465 e. The highest BCUT2D eigenvalue weighted by Crippen LogP contribution is 2.30. The number of thiazole rings is 1. The number of benzene rings is 1. The first kappa shape index (κ1) is 17.3. The first-order valence-electron chi connectivity index (χ1n) is 8.09. The van der Waals surface area contributed by atoms with Crippen LogP contribution in [0.25, 0.3) is 10.2 Å². The van der Waals surface area contributed by atoms with Crippen LogP contribution < -0.4 is 10.2 Å². The van der Waals surface area contributed by atoms with Gasteiger partial charge in [0.05, 0.1) is 27.7 Å². The molecular formula is C17H19N3O4S. The number of esters is 1. The maximum Gasteiger partial charge on any atom is 0.325 e. The third-order valence-electron chi connectivity index (χ3n) is 4.00. The lowest BCUT2D eigenvalue weighted by molar-refractivity contribution is -0.143. The van der Waals surface area contributed by atoms with E-state index >= 15 is 0 Å². The summed E-state index contributed by atoms with van der Waals surface area (Å²) in [6.07, 6.45) is 0.128. The van der Waals surface area contributed by atoms with Gasteiger partial charge in [0.15, 0.2) is 0 Å². The van der Waals surface area contributed by atoms with Crippen LogP contribution in [0.1, 0.15) is 18.4 Å². The van der Waals surface area contributed by atoms with E-state index in [1.54, 1.807) is 23.2 Å². The summed E-state index contributed by atoms with van der Waals surface area (Å²) < 4.78 is 5.84. The first-order chi connectivity index (χ1) is 12.0. The van der Waals surface area contributed by atoms with Crippen molar-refractivity contribution in [1.29, 1.82) is 0 Å². The number of aryl methyl sites for hydroxylation is 1. The monoisotopic (exact) mass is 361 g/mol. The van der Waals surface area contributed by atoms with E-state index in [0.717, 1.165) is 20.9 Å².